The fourth-order valence-corrected chi connectivity index (χ4v) is 3.76. The lowest BCUT2D eigenvalue weighted by Gasteiger charge is -2.37. The Morgan fingerprint density at radius 2 is 1.94 bits per heavy atom. The summed E-state index contributed by atoms with van der Waals surface area (Å²) in [5.74, 6) is -0.126. The lowest BCUT2D eigenvalue weighted by Crippen LogP contribution is -2.54. The standard InChI is InChI=1S/C22H27N7O2/c1-14(2)19(23)22(31)29-10-8-28(9-11-29)17-5-7-25-20-18(17)16(13-26-20)27-21(30)15-4-3-6-24-12-15/h3-7,12-14,19H,8-11,23H2,1-2H3,(H,25,26)(H,27,30)/t19-/m1/s1. The highest BCUT2D eigenvalue weighted by molar-refractivity contribution is 6.11. The lowest BCUT2D eigenvalue weighted by atomic mass is 10.0. The molecule has 162 valence electrons. The number of amides is 2. The van der Waals surface area contributed by atoms with E-state index in [4.69, 9.17) is 5.73 Å². The number of aromatic nitrogens is 3. The second kappa shape index (κ2) is 8.73. The maximum Gasteiger partial charge on any atom is 0.257 e. The van der Waals surface area contributed by atoms with Gasteiger partial charge >= 0.3 is 0 Å². The van der Waals surface area contributed by atoms with Crippen LogP contribution in [0.2, 0.25) is 0 Å². The van der Waals surface area contributed by atoms with E-state index in [1.807, 2.05) is 24.8 Å². The highest BCUT2D eigenvalue weighted by Gasteiger charge is 2.28. The van der Waals surface area contributed by atoms with Gasteiger partial charge < -0.3 is 25.8 Å². The molecule has 0 aromatic carbocycles. The molecule has 0 radical (unpaired) electrons. The van der Waals surface area contributed by atoms with Crippen LogP contribution in [-0.2, 0) is 4.79 Å². The van der Waals surface area contributed by atoms with Gasteiger partial charge in [-0.1, -0.05) is 13.8 Å². The molecule has 0 aliphatic carbocycles. The molecule has 1 atom stereocenters. The number of rotatable bonds is 5. The van der Waals surface area contributed by atoms with Crippen molar-refractivity contribution in [3.8, 4) is 0 Å². The summed E-state index contributed by atoms with van der Waals surface area (Å²) in [5.41, 5.74) is 8.85. The van der Waals surface area contributed by atoms with E-state index in [0.717, 1.165) is 11.1 Å². The molecular weight excluding hydrogens is 394 g/mol. The van der Waals surface area contributed by atoms with Crippen LogP contribution < -0.4 is 16.0 Å². The largest absolute Gasteiger partial charge is 0.367 e. The van der Waals surface area contributed by atoms with Gasteiger partial charge in [-0.25, -0.2) is 4.98 Å². The molecule has 3 aromatic rings. The third-order valence-electron chi connectivity index (χ3n) is 5.66. The number of nitrogens with zero attached hydrogens (tertiary/aromatic N) is 4. The predicted molar refractivity (Wildman–Crippen MR) is 120 cm³/mol. The van der Waals surface area contributed by atoms with Crippen LogP contribution in [0, 0.1) is 5.92 Å². The first-order chi connectivity index (χ1) is 15.0. The predicted octanol–water partition coefficient (Wildman–Crippen LogP) is 1.84. The van der Waals surface area contributed by atoms with Crippen LogP contribution >= 0.6 is 0 Å². The zero-order valence-electron chi connectivity index (χ0n) is 17.7. The van der Waals surface area contributed by atoms with Crippen LogP contribution in [-0.4, -0.2) is 63.9 Å². The fourth-order valence-electron chi connectivity index (χ4n) is 3.76. The molecule has 4 rings (SSSR count). The van der Waals surface area contributed by atoms with E-state index < -0.39 is 6.04 Å². The molecular formula is C22H27N7O2. The molecule has 31 heavy (non-hydrogen) atoms. The Kier molecular flexibility index (Phi) is 5.85. The van der Waals surface area contributed by atoms with Gasteiger partial charge in [0.2, 0.25) is 5.91 Å². The molecule has 2 amide bonds. The maximum atomic E-state index is 12.6. The first-order valence-corrected chi connectivity index (χ1v) is 10.4. The Balaban J connectivity index is 1.53. The number of nitrogens with two attached hydrogens (primary N) is 1. The summed E-state index contributed by atoms with van der Waals surface area (Å²) in [7, 11) is 0. The van der Waals surface area contributed by atoms with E-state index in [0.29, 0.717) is 43.1 Å². The molecule has 1 fully saturated rings. The summed E-state index contributed by atoms with van der Waals surface area (Å²) in [6, 6.07) is 4.91. The van der Waals surface area contributed by atoms with Crippen molar-refractivity contribution in [3.63, 3.8) is 0 Å². The highest BCUT2D eigenvalue weighted by Crippen LogP contribution is 2.32. The maximum absolute atomic E-state index is 12.6. The lowest BCUT2D eigenvalue weighted by molar-refractivity contribution is -0.133. The molecule has 4 N–H and O–H groups in total. The quantitative estimate of drug-likeness (QED) is 0.578. The average Bonchev–Trinajstić information content (AvgIpc) is 3.21. The van der Waals surface area contributed by atoms with Gasteiger partial charge in [0.15, 0.2) is 0 Å². The van der Waals surface area contributed by atoms with Crippen molar-refractivity contribution in [3.05, 3.63) is 48.5 Å². The second-order valence-corrected chi connectivity index (χ2v) is 8.03. The Hall–Kier alpha value is -3.46. The Morgan fingerprint density at radius 3 is 2.61 bits per heavy atom. The number of hydrogen-bond acceptors (Lipinski definition) is 6. The van der Waals surface area contributed by atoms with Gasteiger partial charge in [0.05, 0.1) is 28.4 Å². The van der Waals surface area contributed by atoms with E-state index in [1.165, 1.54) is 6.20 Å². The van der Waals surface area contributed by atoms with Crippen molar-refractivity contribution in [2.75, 3.05) is 36.4 Å². The molecule has 9 heteroatoms. The van der Waals surface area contributed by atoms with Gasteiger partial charge in [-0.2, -0.15) is 0 Å². The first-order valence-electron chi connectivity index (χ1n) is 10.4. The second-order valence-electron chi connectivity index (χ2n) is 8.03. The number of nitrogens with one attached hydrogen (secondary N) is 2. The van der Waals surface area contributed by atoms with Crippen LogP contribution in [0.15, 0.2) is 43.0 Å². The molecule has 1 aliphatic heterocycles. The van der Waals surface area contributed by atoms with Gasteiger partial charge in [-0.15, -0.1) is 0 Å². The summed E-state index contributed by atoms with van der Waals surface area (Å²) in [4.78, 5) is 40.8. The van der Waals surface area contributed by atoms with E-state index in [1.54, 1.807) is 30.7 Å². The highest BCUT2D eigenvalue weighted by atomic mass is 16.2. The van der Waals surface area contributed by atoms with E-state index in [2.05, 4.69) is 25.2 Å². The number of carbonyl (C=O) groups excluding carboxylic acids is 2. The molecule has 1 aliphatic rings. The minimum Gasteiger partial charge on any atom is -0.367 e. The van der Waals surface area contributed by atoms with Crippen molar-refractivity contribution >= 4 is 34.2 Å². The van der Waals surface area contributed by atoms with Crippen molar-refractivity contribution in [2.45, 2.75) is 19.9 Å². The van der Waals surface area contributed by atoms with E-state index in [-0.39, 0.29) is 17.7 Å². The van der Waals surface area contributed by atoms with Crippen molar-refractivity contribution in [1.82, 2.24) is 19.9 Å². The van der Waals surface area contributed by atoms with Crippen LogP contribution in [0.25, 0.3) is 11.0 Å². The number of hydrogen-bond donors (Lipinski definition) is 3. The number of fused-ring (bicyclic) bond motifs is 1. The third-order valence-corrected chi connectivity index (χ3v) is 5.66. The van der Waals surface area contributed by atoms with E-state index >= 15 is 0 Å². The Morgan fingerprint density at radius 1 is 1.16 bits per heavy atom. The fraction of sp³-hybridized carbons (Fsp3) is 0.364. The Bertz CT molecular complexity index is 1070. The van der Waals surface area contributed by atoms with Crippen LogP contribution in [0.4, 0.5) is 11.4 Å². The van der Waals surface area contributed by atoms with Gasteiger partial charge in [0.1, 0.15) is 5.65 Å². The molecule has 9 nitrogen and oxygen atoms in total. The van der Waals surface area contributed by atoms with Crippen molar-refractivity contribution in [2.24, 2.45) is 11.7 Å². The normalized spacial score (nSPS) is 15.4. The first kappa shape index (κ1) is 20.8. The minimum atomic E-state index is -0.474. The monoisotopic (exact) mass is 421 g/mol. The summed E-state index contributed by atoms with van der Waals surface area (Å²) in [5, 5.41) is 3.80. The summed E-state index contributed by atoms with van der Waals surface area (Å²) in [6.07, 6.45) is 6.65. The molecule has 3 aromatic heterocycles. The van der Waals surface area contributed by atoms with Gasteiger partial charge in [-0.3, -0.25) is 14.6 Å². The summed E-state index contributed by atoms with van der Waals surface area (Å²) < 4.78 is 0. The van der Waals surface area contributed by atoms with Crippen LogP contribution in [0.5, 0.6) is 0 Å². The van der Waals surface area contributed by atoms with Crippen molar-refractivity contribution < 1.29 is 9.59 Å². The molecule has 0 unspecified atom stereocenters. The van der Waals surface area contributed by atoms with Gasteiger partial charge in [0.25, 0.3) is 5.91 Å². The van der Waals surface area contributed by atoms with Crippen LogP contribution in [0.3, 0.4) is 0 Å². The molecule has 0 saturated carbocycles. The zero-order chi connectivity index (χ0) is 22.0. The third kappa shape index (κ3) is 4.22. The number of aromatic amines is 1. The number of piperazine rings is 1. The molecule has 1 saturated heterocycles. The minimum absolute atomic E-state index is 0.000549. The molecule has 4 heterocycles. The number of H-pyrrole nitrogens is 1. The summed E-state index contributed by atoms with van der Waals surface area (Å²) >= 11 is 0. The number of anilines is 2. The van der Waals surface area contributed by atoms with Crippen molar-refractivity contribution in [1.29, 1.82) is 0 Å². The number of carbonyl (C=O) groups is 2. The van der Waals surface area contributed by atoms with Gasteiger partial charge in [0, 0.05) is 51.0 Å². The van der Waals surface area contributed by atoms with Crippen LogP contribution in [0.1, 0.15) is 24.2 Å². The average molecular weight is 422 g/mol. The zero-order valence-corrected chi connectivity index (χ0v) is 17.7. The molecule has 0 spiro atoms. The SMILES string of the molecule is CC(C)[C@@H](N)C(=O)N1CCN(c2ccnc3[nH]cc(NC(=O)c4cccnc4)c23)CC1. The number of pyridine rings is 2. The smallest absolute Gasteiger partial charge is 0.257 e. The van der Waals surface area contributed by atoms with E-state index in [9.17, 15) is 9.59 Å². The summed E-state index contributed by atoms with van der Waals surface area (Å²) in [6.45, 7) is 6.48. The Labute approximate surface area is 180 Å². The van der Waals surface area contributed by atoms with Gasteiger partial charge in [-0.05, 0) is 24.1 Å². The topological polar surface area (TPSA) is 120 Å². The molecule has 0 bridgehead atoms.